The van der Waals surface area contributed by atoms with E-state index < -0.39 is 0 Å². The Morgan fingerprint density at radius 3 is 3.09 bits per heavy atom. The van der Waals surface area contributed by atoms with Gasteiger partial charge in [0.15, 0.2) is 11.5 Å². The lowest BCUT2D eigenvalue weighted by Gasteiger charge is -2.22. The van der Waals surface area contributed by atoms with Gasteiger partial charge in [0.2, 0.25) is 0 Å². The van der Waals surface area contributed by atoms with Crippen molar-refractivity contribution in [1.82, 2.24) is 10.1 Å². The molecule has 3 rings (SSSR count). The van der Waals surface area contributed by atoms with Gasteiger partial charge in [0.1, 0.15) is 5.75 Å². The van der Waals surface area contributed by atoms with Crippen LogP contribution < -0.4 is 4.74 Å². The molecule has 1 aromatic carbocycles. The molecule has 0 bridgehead atoms. The molecule has 1 aliphatic rings. The fraction of sp³-hybridized carbons (Fsp3) is 0.412. The van der Waals surface area contributed by atoms with Crippen LogP contribution in [0.5, 0.6) is 5.75 Å². The Kier molecular flexibility index (Phi) is 4.13. The molecule has 0 aliphatic carbocycles. The Morgan fingerprint density at radius 1 is 1.45 bits per heavy atom. The summed E-state index contributed by atoms with van der Waals surface area (Å²) in [6, 6.07) is 9.54. The quantitative estimate of drug-likeness (QED) is 0.868. The molecule has 22 heavy (non-hydrogen) atoms. The third-order valence-corrected chi connectivity index (χ3v) is 4.19. The van der Waals surface area contributed by atoms with Crippen LogP contribution in [0.1, 0.15) is 36.7 Å². The first-order valence-electron chi connectivity index (χ1n) is 7.65. The van der Waals surface area contributed by atoms with Crippen LogP contribution in [0.3, 0.4) is 0 Å². The number of carbonyl (C=O) groups excluding carboxylic acids is 1. The maximum Gasteiger partial charge on any atom is 0.276 e. The zero-order chi connectivity index (χ0) is 15.5. The molecule has 1 aromatic heterocycles. The number of ether oxygens (including phenoxy) is 1. The molecule has 5 heteroatoms. The van der Waals surface area contributed by atoms with Gasteiger partial charge >= 0.3 is 0 Å². The first kappa shape index (κ1) is 14.6. The maximum atomic E-state index is 12.6. The lowest BCUT2D eigenvalue weighted by molar-refractivity contribution is 0.0723. The number of nitrogens with zero attached hydrogens (tertiary/aromatic N) is 2. The minimum atomic E-state index is -0.0396. The van der Waals surface area contributed by atoms with Crippen LogP contribution in [0, 0.1) is 0 Å². The van der Waals surface area contributed by atoms with E-state index in [-0.39, 0.29) is 5.91 Å². The zero-order valence-electron chi connectivity index (χ0n) is 12.9. The zero-order valence-corrected chi connectivity index (χ0v) is 12.9. The summed E-state index contributed by atoms with van der Waals surface area (Å²) in [7, 11) is 1.62. The lowest BCUT2D eigenvalue weighted by atomic mass is 10.1. The predicted molar refractivity (Wildman–Crippen MR) is 82.8 cm³/mol. The first-order valence-corrected chi connectivity index (χ1v) is 7.65. The van der Waals surface area contributed by atoms with E-state index in [2.05, 4.69) is 12.1 Å². The van der Waals surface area contributed by atoms with E-state index in [9.17, 15) is 4.79 Å². The van der Waals surface area contributed by atoms with Crippen LogP contribution in [0.2, 0.25) is 0 Å². The Morgan fingerprint density at radius 2 is 2.32 bits per heavy atom. The molecule has 0 spiro atoms. The average molecular weight is 300 g/mol. The van der Waals surface area contributed by atoms with Crippen LogP contribution in [-0.2, 0) is 0 Å². The van der Waals surface area contributed by atoms with Crippen molar-refractivity contribution < 1.29 is 14.1 Å². The van der Waals surface area contributed by atoms with E-state index in [0.717, 1.165) is 37.1 Å². The molecule has 1 amide bonds. The molecule has 2 heterocycles. The minimum absolute atomic E-state index is 0.0396. The molecular formula is C17H20N2O3. The highest BCUT2D eigenvalue weighted by atomic mass is 16.5. The number of aromatic nitrogens is 1. The highest BCUT2D eigenvalue weighted by molar-refractivity contribution is 5.93. The second kappa shape index (κ2) is 6.22. The van der Waals surface area contributed by atoms with Gasteiger partial charge in [-0.3, -0.25) is 4.79 Å². The average Bonchev–Trinajstić information content (AvgIpc) is 3.23. The van der Waals surface area contributed by atoms with Gasteiger partial charge < -0.3 is 14.2 Å². The Bertz CT molecular complexity index is 665. The molecule has 116 valence electrons. The summed E-state index contributed by atoms with van der Waals surface area (Å²) in [6.07, 6.45) is 3.11. The predicted octanol–water partition coefficient (Wildman–Crippen LogP) is 3.36. The summed E-state index contributed by atoms with van der Waals surface area (Å²) in [5, 5.41) is 3.95. The number of likely N-dealkylation sites (tertiary alicyclic amines) is 1. The topological polar surface area (TPSA) is 55.6 Å². The van der Waals surface area contributed by atoms with E-state index in [1.165, 1.54) is 0 Å². The fourth-order valence-electron chi connectivity index (χ4n) is 2.96. The molecule has 1 saturated heterocycles. The summed E-state index contributed by atoms with van der Waals surface area (Å²) < 4.78 is 10.5. The number of hydrogen-bond donors (Lipinski definition) is 0. The van der Waals surface area contributed by atoms with Crippen LogP contribution in [0.15, 0.2) is 34.9 Å². The molecular weight excluding hydrogens is 280 g/mol. The molecule has 0 saturated carbocycles. The third kappa shape index (κ3) is 2.71. The van der Waals surface area contributed by atoms with Gasteiger partial charge in [0.05, 0.1) is 7.11 Å². The standard InChI is InChI=1S/C17H20N2O3/c1-3-13-7-5-9-19(13)17(20)15-11-16(22-18-15)12-6-4-8-14(10-12)21-2/h4,6,8,10-11,13H,3,5,7,9H2,1-2H3. The molecule has 0 N–H and O–H groups in total. The van der Waals surface area contributed by atoms with E-state index in [0.29, 0.717) is 17.5 Å². The van der Waals surface area contributed by atoms with Crippen molar-refractivity contribution in [3.63, 3.8) is 0 Å². The second-order valence-electron chi connectivity index (χ2n) is 5.51. The maximum absolute atomic E-state index is 12.6. The van der Waals surface area contributed by atoms with E-state index in [1.807, 2.05) is 29.2 Å². The van der Waals surface area contributed by atoms with Crippen LogP contribution >= 0.6 is 0 Å². The van der Waals surface area contributed by atoms with Crippen molar-refractivity contribution in [3.8, 4) is 17.1 Å². The summed E-state index contributed by atoms with van der Waals surface area (Å²) >= 11 is 0. The van der Waals surface area contributed by atoms with Crippen molar-refractivity contribution in [2.24, 2.45) is 0 Å². The Hall–Kier alpha value is -2.30. The van der Waals surface area contributed by atoms with Crippen molar-refractivity contribution in [1.29, 1.82) is 0 Å². The van der Waals surface area contributed by atoms with Crippen molar-refractivity contribution in [3.05, 3.63) is 36.0 Å². The van der Waals surface area contributed by atoms with Gasteiger partial charge in [-0.1, -0.05) is 24.2 Å². The number of benzene rings is 1. The van der Waals surface area contributed by atoms with E-state index >= 15 is 0 Å². The largest absolute Gasteiger partial charge is 0.497 e. The van der Waals surface area contributed by atoms with Gasteiger partial charge in [0.25, 0.3) is 5.91 Å². The van der Waals surface area contributed by atoms with Crippen LogP contribution in [0.4, 0.5) is 0 Å². The van der Waals surface area contributed by atoms with Gasteiger partial charge in [-0.15, -0.1) is 0 Å². The van der Waals surface area contributed by atoms with Crippen LogP contribution in [-0.4, -0.2) is 35.7 Å². The number of carbonyl (C=O) groups is 1. The summed E-state index contributed by atoms with van der Waals surface area (Å²) in [5.74, 6) is 1.28. The number of amides is 1. The fourth-order valence-corrected chi connectivity index (χ4v) is 2.96. The number of hydrogen-bond acceptors (Lipinski definition) is 4. The van der Waals surface area contributed by atoms with Gasteiger partial charge in [-0.2, -0.15) is 0 Å². The summed E-state index contributed by atoms with van der Waals surface area (Å²) in [6.45, 7) is 2.92. The van der Waals surface area contributed by atoms with Gasteiger partial charge in [-0.25, -0.2) is 0 Å². The van der Waals surface area contributed by atoms with Gasteiger partial charge in [0, 0.05) is 24.2 Å². The van der Waals surface area contributed by atoms with Crippen molar-refractivity contribution in [2.75, 3.05) is 13.7 Å². The molecule has 1 atom stereocenters. The number of methoxy groups -OCH3 is 1. The molecule has 1 unspecified atom stereocenters. The second-order valence-corrected chi connectivity index (χ2v) is 5.51. The molecule has 2 aromatic rings. The first-order chi connectivity index (χ1) is 10.7. The van der Waals surface area contributed by atoms with E-state index in [4.69, 9.17) is 9.26 Å². The smallest absolute Gasteiger partial charge is 0.276 e. The monoisotopic (exact) mass is 300 g/mol. The molecule has 0 radical (unpaired) electrons. The van der Waals surface area contributed by atoms with Crippen molar-refractivity contribution >= 4 is 5.91 Å². The lowest BCUT2D eigenvalue weighted by Crippen LogP contribution is -2.35. The SMILES string of the molecule is CCC1CCCN1C(=O)c1cc(-c2cccc(OC)c2)on1. The molecule has 1 aliphatic heterocycles. The molecule has 1 fully saturated rings. The highest BCUT2D eigenvalue weighted by Crippen LogP contribution is 2.26. The van der Waals surface area contributed by atoms with Gasteiger partial charge in [-0.05, 0) is 31.4 Å². The highest BCUT2D eigenvalue weighted by Gasteiger charge is 2.29. The summed E-state index contributed by atoms with van der Waals surface area (Å²) in [4.78, 5) is 14.5. The Labute approximate surface area is 129 Å². The number of rotatable bonds is 4. The normalized spacial score (nSPS) is 17.7. The summed E-state index contributed by atoms with van der Waals surface area (Å²) in [5.41, 5.74) is 1.22. The Balaban J connectivity index is 1.82. The van der Waals surface area contributed by atoms with Crippen molar-refractivity contribution in [2.45, 2.75) is 32.2 Å². The van der Waals surface area contributed by atoms with E-state index in [1.54, 1.807) is 13.2 Å². The molecule has 5 nitrogen and oxygen atoms in total. The third-order valence-electron chi connectivity index (χ3n) is 4.19. The minimum Gasteiger partial charge on any atom is -0.497 e. The van der Waals surface area contributed by atoms with Crippen LogP contribution in [0.25, 0.3) is 11.3 Å².